The normalized spacial score (nSPS) is 15.0. The molecule has 0 aliphatic carbocycles. The van der Waals surface area contributed by atoms with Crippen LogP contribution in [0.1, 0.15) is 42.9 Å². The number of amides is 1. The number of hydrogen-bond acceptors (Lipinski definition) is 7. The Labute approximate surface area is 225 Å². The van der Waals surface area contributed by atoms with Crippen LogP contribution >= 0.6 is 22.9 Å². The third-order valence-electron chi connectivity index (χ3n) is 6.94. The second-order valence-corrected chi connectivity index (χ2v) is 11.2. The van der Waals surface area contributed by atoms with E-state index in [1.807, 2.05) is 41.0 Å². The molecule has 0 unspecified atom stereocenters. The van der Waals surface area contributed by atoms with Crippen molar-refractivity contribution in [1.29, 1.82) is 0 Å². The standard InChI is InChI=1S/C27H31ClN4O4S/c1-16(2)31-11-9-17(10-12-31)29-27(33)20-14-19-21(34-3)5-6-22(35-4)26(19)32(20)15-18-13-23(36-30-18)24-7-8-25(28)37-24/h5-8,13-14,16-17H,9-12,15H2,1-4H3,(H,29,33). The minimum absolute atomic E-state index is 0.125. The number of halogens is 1. The fourth-order valence-corrected chi connectivity index (χ4v) is 5.94. The first-order chi connectivity index (χ1) is 17.9. The number of piperidine rings is 1. The molecule has 1 N–H and O–H groups in total. The Hall–Kier alpha value is -3.01. The molecule has 1 aliphatic rings. The van der Waals surface area contributed by atoms with Crippen molar-refractivity contribution in [2.75, 3.05) is 27.3 Å². The molecule has 37 heavy (non-hydrogen) atoms. The maximum atomic E-state index is 13.7. The number of fused-ring (bicyclic) bond motifs is 1. The number of aromatic nitrogens is 2. The molecule has 1 amide bonds. The largest absolute Gasteiger partial charge is 0.496 e. The number of thiophene rings is 1. The third-order valence-corrected chi connectivity index (χ3v) is 8.19. The predicted octanol–water partition coefficient (Wildman–Crippen LogP) is 5.68. The van der Waals surface area contributed by atoms with E-state index in [-0.39, 0.29) is 11.9 Å². The van der Waals surface area contributed by atoms with Crippen LogP contribution in [0, 0.1) is 0 Å². The molecule has 0 spiro atoms. The quantitative estimate of drug-likeness (QED) is 0.308. The smallest absolute Gasteiger partial charge is 0.268 e. The van der Waals surface area contributed by atoms with Gasteiger partial charge in [0.25, 0.3) is 5.91 Å². The Bertz CT molecular complexity index is 1400. The van der Waals surface area contributed by atoms with Crippen LogP contribution in [0.4, 0.5) is 0 Å². The van der Waals surface area contributed by atoms with Gasteiger partial charge in [0, 0.05) is 36.6 Å². The number of nitrogens with one attached hydrogen (secondary N) is 1. The van der Waals surface area contributed by atoms with Crippen LogP contribution in [0.25, 0.3) is 21.5 Å². The zero-order chi connectivity index (χ0) is 26.1. The maximum Gasteiger partial charge on any atom is 0.268 e. The van der Waals surface area contributed by atoms with Crippen LogP contribution in [0.15, 0.2) is 40.9 Å². The van der Waals surface area contributed by atoms with Crippen LogP contribution in [-0.2, 0) is 6.54 Å². The highest BCUT2D eigenvalue weighted by molar-refractivity contribution is 7.19. The first kappa shape index (κ1) is 25.6. The molecule has 1 fully saturated rings. The van der Waals surface area contributed by atoms with E-state index in [9.17, 15) is 4.79 Å². The van der Waals surface area contributed by atoms with Crippen LogP contribution in [-0.4, -0.2) is 59.9 Å². The highest BCUT2D eigenvalue weighted by atomic mass is 35.5. The summed E-state index contributed by atoms with van der Waals surface area (Å²) in [5.41, 5.74) is 1.97. The van der Waals surface area contributed by atoms with Gasteiger partial charge in [0.2, 0.25) is 0 Å². The molecule has 3 aromatic heterocycles. The zero-order valence-electron chi connectivity index (χ0n) is 21.4. The summed E-state index contributed by atoms with van der Waals surface area (Å²) in [6, 6.07) is 11.8. The van der Waals surface area contributed by atoms with Gasteiger partial charge in [-0.15, -0.1) is 11.3 Å². The van der Waals surface area contributed by atoms with Gasteiger partial charge in [-0.25, -0.2) is 0 Å². The number of carbonyl (C=O) groups is 1. The van der Waals surface area contributed by atoms with Crippen LogP contribution in [0.5, 0.6) is 11.5 Å². The highest BCUT2D eigenvalue weighted by Gasteiger charge is 2.26. The molecule has 5 rings (SSSR count). The summed E-state index contributed by atoms with van der Waals surface area (Å²) >= 11 is 7.52. The number of carbonyl (C=O) groups excluding carboxylic acids is 1. The van der Waals surface area contributed by atoms with E-state index in [0.717, 1.165) is 41.7 Å². The van der Waals surface area contributed by atoms with E-state index in [2.05, 4.69) is 29.2 Å². The van der Waals surface area contributed by atoms with Gasteiger partial charge in [0.1, 0.15) is 22.9 Å². The summed E-state index contributed by atoms with van der Waals surface area (Å²) in [5, 5.41) is 8.35. The second-order valence-electron chi connectivity index (χ2n) is 9.51. The molecule has 0 atom stereocenters. The van der Waals surface area contributed by atoms with Crippen molar-refractivity contribution in [3.63, 3.8) is 0 Å². The van der Waals surface area contributed by atoms with Crippen molar-refractivity contribution in [1.82, 2.24) is 19.9 Å². The van der Waals surface area contributed by atoms with Gasteiger partial charge in [0.15, 0.2) is 5.76 Å². The molecule has 1 aliphatic heterocycles. The van der Waals surface area contributed by atoms with Gasteiger partial charge in [-0.05, 0) is 57.0 Å². The maximum absolute atomic E-state index is 13.7. The molecular weight excluding hydrogens is 512 g/mol. The molecular formula is C27H31ClN4O4S. The lowest BCUT2D eigenvalue weighted by Gasteiger charge is -2.34. The van der Waals surface area contributed by atoms with Crippen molar-refractivity contribution in [3.8, 4) is 22.1 Å². The van der Waals surface area contributed by atoms with Gasteiger partial charge >= 0.3 is 0 Å². The van der Waals surface area contributed by atoms with Crippen LogP contribution < -0.4 is 14.8 Å². The zero-order valence-corrected chi connectivity index (χ0v) is 23.0. The van der Waals surface area contributed by atoms with Crippen molar-refractivity contribution >= 4 is 39.7 Å². The Morgan fingerprint density at radius 3 is 2.54 bits per heavy atom. The Morgan fingerprint density at radius 1 is 1.16 bits per heavy atom. The number of nitrogens with zero attached hydrogens (tertiary/aromatic N) is 3. The van der Waals surface area contributed by atoms with E-state index in [1.165, 1.54) is 11.3 Å². The van der Waals surface area contributed by atoms with E-state index in [0.29, 0.717) is 45.6 Å². The average molecular weight is 543 g/mol. The van der Waals surface area contributed by atoms with Gasteiger partial charge in [-0.2, -0.15) is 0 Å². The fraction of sp³-hybridized carbons (Fsp3) is 0.407. The second kappa shape index (κ2) is 10.8. The topological polar surface area (TPSA) is 81.8 Å². The number of ether oxygens (including phenoxy) is 2. The van der Waals surface area contributed by atoms with Gasteiger partial charge in [-0.1, -0.05) is 16.8 Å². The molecule has 0 bridgehead atoms. The molecule has 0 radical (unpaired) electrons. The van der Waals surface area contributed by atoms with Crippen molar-refractivity contribution in [2.45, 2.75) is 45.3 Å². The molecule has 10 heteroatoms. The van der Waals surface area contributed by atoms with Gasteiger partial charge in [0.05, 0.1) is 35.5 Å². The predicted molar refractivity (Wildman–Crippen MR) is 146 cm³/mol. The summed E-state index contributed by atoms with van der Waals surface area (Å²) in [6.07, 6.45) is 1.85. The SMILES string of the molecule is COc1ccc(OC)c2c1cc(C(=O)NC1CCN(C(C)C)CC1)n2Cc1cc(-c2ccc(Cl)s2)on1. The number of likely N-dealkylation sites (tertiary alicyclic amines) is 1. The summed E-state index contributed by atoms with van der Waals surface area (Å²) in [5.74, 6) is 1.82. The first-order valence-corrected chi connectivity index (χ1v) is 13.6. The fourth-order valence-electron chi connectivity index (χ4n) is 4.95. The molecule has 1 aromatic carbocycles. The third kappa shape index (κ3) is 5.21. The molecule has 1 saturated heterocycles. The number of hydrogen-bond donors (Lipinski definition) is 1. The van der Waals surface area contributed by atoms with Gasteiger partial charge in [-0.3, -0.25) is 4.79 Å². The monoisotopic (exact) mass is 542 g/mol. The van der Waals surface area contributed by atoms with Crippen molar-refractivity contribution < 1.29 is 18.8 Å². The Morgan fingerprint density at radius 2 is 1.89 bits per heavy atom. The number of benzene rings is 1. The number of methoxy groups -OCH3 is 2. The van der Waals surface area contributed by atoms with Gasteiger partial charge < -0.3 is 28.8 Å². The highest BCUT2D eigenvalue weighted by Crippen LogP contribution is 2.37. The lowest BCUT2D eigenvalue weighted by Crippen LogP contribution is -2.46. The molecule has 8 nitrogen and oxygen atoms in total. The van der Waals surface area contributed by atoms with E-state index in [1.54, 1.807) is 14.2 Å². The van der Waals surface area contributed by atoms with Crippen molar-refractivity contribution in [3.05, 3.63) is 52.1 Å². The Balaban J connectivity index is 1.49. The number of rotatable bonds is 8. The first-order valence-electron chi connectivity index (χ1n) is 12.4. The average Bonchev–Trinajstić information content (AvgIpc) is 3.63. The van der Waals surface area contributed by atoms with Crippen LogP contribution in [0.2, 0.25) is 4.34 Å². The van der Waals surface area contributed by atoms with E-state index in [4.69, 9.17) is 25.6 Å². The molecule has 4 aromatic rings. The van der Waals surface area contributed by atoms with Crippen molar-refractivity contribution in [2.24, 2.45) is 0 Å². The molecule has 196 valence electrons. The lowest BCUT2D eigenvalue weighted by molar-refractivity contribution is 0.0892. The summed E-state index contributed by atoms with van der Waals surface area (Å²) in [6.45, 7) is 6.69. The lowest BCUT2D eigenvalue weighted by atomic mass is 10.0. The van der Waals surface area contributed by atoms with E-state index >= 15 is 0 Å². The molecule has 0 saturated carbocycles. The van der Waals surface area contributed by atoms with Crippen LogP contribution in [0.3, 0.4) is 0 Å². The summed E-state index contributed by atoms with van der Waals surface area (Å²) < 4.78 is 19.5. The summed E-state index contributed by atoms with van der Waals surface area (Å²) in [7, 11) is 3.24. The minimum atomic E-state index is -0.128. The van der Waals surface area contributed by atoms with E-state index < -0.39 is 0 Å². The minimum Gasteiger partial charge on any atom is -0.496 e. The molecule has 4 heterocycles. The Kier molecular flexibility index (Phi) is 7.46. The summed E-state index contributed by atoms with van der Waals surface area (Å²) in [4.78, 5) is 17.0.